The van der Waals surface area contributed by atoms with Crippen LogP contribution >= 0.6 is 0 Å². The second kappa shape index (κ2) is 6.60. The van der Waals surface area contributed by atoms with Gasteiger partial charge in [0, 0.05) is 24.9 Å². The molecule has 2 atom stereocenters. The number of aromatic amines is 1. The monoisotopic (exact) mass is 341 g/mol. The first-order valence-electron chi connectivity index (χ1n) is 8.37. The minimum Gasteiger partial charge on any atom is -0.371 e. The van der Waals surface area contributed by atoms with Crippen LogP contribution in [0.15, 0.2) is 24.5 Å². The molecular weight excluding hydrogens is 322 g/mol. The van der Waals surface area contributed by atoms with Gasteiger partial charge in [0.1, 0.15) is 17.3 Å². The number of nitrogens with zero attached hydrogens (tertiary/aromatic N) is 5. The van der Waals surface area contributed by atoms with E-state index in [0.717, 1.165) is 24.9 Å². The number of hydrogen-bond acceptors (Lipinski definition) is 6. The molecule has 1 aliphatic heterocycles. The molecule has 2 N–H and O–H groups in total. The van der Waals surface area contributed by atoms with Crippen LogP contribution in [0.3, 0.4) is 0 Å². The Hall–Kier alpha value is -2.81. The van der Waals surface area contributed by atoms with Crippen molar-refractivity contribution in [2.75, 3.05) is 6.61 Å². The highest BCUT2D eigenvalue weighted by molar-refractivity contribution is 5.94. The number of amides is 1. The SMILES string of the molecule is CCn1cc([C@H]2OCCC[C@@H]2NC(=O)c2ccc3n[nH]nc3n2)cn1. The second-order valence-electron chi connectivity index (χ2n) is 6.01. The van der Waals surface area contributed by atoms with Crippen molar-refractivity contribution in [2.24, 2.45) is 0 Å². The quantitative estimate of drug-likeness (QED) is 0.738. The van der Waals surface area contributed by atoms with E-state index in [1.54, 1.807) is 18.3 Å². The van der Waals surface area contributed by atoms with Crippen molar-refractivity contribution >= 4 is 17.1 Å². The molecule has 9 nitrogen and oxygen atoms in total. The highest BCUT2D eigenvalue weighted by Gasteiger charge is 2.30. The van der Waals surface area contributed by atoms with Crippen LogP contribution in [0.25, 0.3) is 11.2 Å². The molecule has 0 spiro atoms. The molecule has 0 unspecified atom stereocenters. The van der Waals surface area contributed by atoms with Crippen LogP contribution in [-0.4, -0.2) is 48.7 Å². The summed E-state index contributed by atoms with van der Waals surface area (Å²) in [5.41, 5.74) is 2.34. The molecule has 3 aromatic heterocycles. The standard InChI is InChI=1S/C16H19N7O2/c1-2-23-9-10(8-17-23)14-11(4-3-7-25-14)19-16(24)13-6-5-12-15(18-13)21-22-20-12/h5-6,8-9,11,14H,2-4,7H2,1H3,(H,19,24)(H,18,20,21,22)/t11-,14+/m0/s1. The zero-order chi connectivity index (χ0) is 17.2. The molecule has 0 saturated carbocycles. The largest absolute Gasteiger partial charge is 0.371 e. The number of H-pyrrole nitrogens is 1. The van der Waals surface area contributed by atoms with Gasteiger partial charge >= 0.3 is 0 Å². The molecule has 0 aromatic carbocycles. The maximum atomic E-state index is 12.6. The number of rotatable bonds is 4. The summed E-state index contributed by atoms with van der Waals surface area (Å²) in [7, 11) is 0. The summed E-state index contributed by atoms with van der Waals surface area (Å²) in [6.07, 6.45) is 5.32. The summed E-state index contributed by atoms with van der Waals surface area (Å²) in [6.45, 7) is 3.51. The highest BCUT2D eigenvalue weighted by Crippen LogP contribution is 2.28. The van der Waals surface area contributed by atoms with Gasteiger partial charge in [0.2, 0.25) is 5.65 Å². The number of ether oxygens (including phenoxy) is 1. The summed E-state index contributed by atoms with van der Waals surface area (Å²) in [4.78, 5) is 16.8. The third-order valence-corrected chi connectivity index (χ3v) is 4.36. The van der Waals surface area contributed by atoms with E-state index in [4.69, 9.17) is 4.74 Å². The van der Waals surface area contributed by atoms with Gasteiger partial charge in [-0.05, 0) is 31.9 Å². The van der Waals surface area contributed by atoms with E-state index in [9.17, 15) is 4.79 Å². The molecule has 1 amide bonds. The molecule has 9 heteroatoms. The Balaban J connectivity index is 1.53. The average molecular weight is 341 g/mol. The minimum atomic E-state index is -0.242. The molecule has 3 aromatic rings. The molecule has 25 heavy (non-hydrogen) atoms. The fourth-order valence-corrected chi connectivity index (χ4v) is 3.06. The Labute approximate surface area is 143 Å². The van der Waals surface area contributed by atoms with Crippen molar-refractivity contribution in [1.82, 2.24) is 35.5 Å². The second-order valence-corrected chi connectivity index (χ2v) is 6.01. The summed E-state index contributed by atoms with van der Waals surface area (Å²) in [5, 5.41) is 17.7. The van der Waals surface area contributed by atoms with Gasteiger partial charge < -0.3 is 10.1 Å². The van der Waals surface area contributed by atoms with Crippen molar-refractivity contribution in [3.8, 4) is 0 Å². The van der Waals surface area contributed by atoms with Gasteiger partial charge in [0.25, 0.3) is 5.91 Å². The van der Waals surface area contributed by atoms with E-state index in [1.807, 2.05) is 17.8 Å². The van der Waals surface area contributed by atoms with E-state index >= 15 is 0 Å². The highest BCUT2D eigenvalue weighted by atomic mass is 16.5. The van der Waals surface area contributed by atoms with Crippen molar-refractivity contribution in [3.05, 3.63) is 35.8 Å². The normalized spacial score (nSPS) is 20.7. The molecule has 1 saturated heterocycles. The van der Waals surface area contributed by atoms with Crippen LogP contribution in [0, 0.1) is 0 Å². The Morgan fingerprint density at radius 2 is 2.36 bits per heavy atom. The molecule has 4 heterocycles. The van der Waals surface area contributed by atoms with E-state index in [2.05, 4.69) is 30.8 Å². The first-order valence-corrected chi connectivity index (χ1v) is 8.37. The van der Waals surface area contributed by atoms with E-state index in [1.165, 1.54) is 0 Å². The van der Waals surface area contributed by atoms with Gasteiger partial charge in [-0.3, -0.25) is 9.48 Å². The molecular formula is C16H19N7O2. The molecule has 0 bridgehead atoms. The predicted octanol–water partition coefficient (Wildman–Crippen LogP) is 1.22. The summed E-state index contributed by atoms with van der Waals surface area (Å²) in [6, 6.07) is 3.25. The van der Waals surface area contributed by atoms with Gasteiger partial charge in [-0.2, -0.15) is 15.4 Å². The van der Waals surface area contributed by atoms with Crippen LogP contribution in [0.1, 0.15) is 41.9 Å². The first-order chi connectivity index (χ1) is 12.2. The fraction of sp³-hybridized carbons (Fsp3) is 0.438. The number of carbonyl (C=O) groups is 1. The minimum absolute atomic E-state index is 0.120. The average Bonchev–Trinajstić information content (AvgIpc) is 3.30. The Bertz CT molecular complexity index is 887. The molecule has 0 radical (unpaired) electrons. The maximum Gasteiger partial charge on any atom is 0.270 e. The number of nitrogens with one attached hydrogen (secondary N) is 2. The van der Waals surface area contributed by atoms with Gasteiger partial charge in [-0.1, -0.05) is 0 Å². The molecule has 130 valence electrons. The number of aryl methyl sites for hydroxylation is 1. The van der Waals surface area contributed by atoms with Gasteiger partial charge in [0.15, 0.2) is 0 Å². The van der Waals surface area contributed by atoms with Crippen LogP contribution in [0.4, 0.5) is 0 Å². The van der Waals surface area contributed by atoms with Crippen molar-refractivity contribution in [1.29, 1.82) is 0 Å². The van der Waals surface area contributed by atoms with E-state index < -0.39 is 0 Å². The number of pyridine rings is 1. The topological polar surface area (TPSA) is 111 Å². The van der Waals surface area contributed by atoms with Crippen LogP contribution in [-0.2, 0) is 11.3 Å². The van der Waals surface area contributed by atoms with Crippen LogP contribution < -0.4 is 5.32 Å². The molecule has 0 aliphatic carbocycles. The van der Waals surface area contributed by atoms with Crippen molar-refractivity contribution in [3.63, 3.8) is 0 Å². The zero-order valence-electron chi connectivity index (χ0n) is 13.8. The van der Waals surface area contributed by atoms with Gasteiger partial charge in [-0.25, -0.2) is 4.98 Å². The van der Waals surface area contributed by atoms with Crippen molar-refractivity contribution < 1.29 is 9.53 Å². The van der Waals surface area contributed by atoms with Gasteiger partial charge in [0.05, 0.1) is 12.2 Å². The number of carbonyl (C=O) groups excluding carboxylic acids is 1. The number of aromatic nitrogens is 6. The Morgan fingerprint density at radius 1 is 1.44 bits per heavy atom. The lowest BCUT2D eigenvalue weighted by Crippen LogP contribution is -2.43. The summed E-state index contributed by atoms with van der Waals surface area (Å²) in [5.74, 6) is -0.242. The van der Waals surface area contributed by atoms with Crippen LogP contribution in [0.5, 0.6) is 0 Å². The summed E-state index contributed by atoms with van der Waals surface area (Å²) >= 11 is 0. The van der Waals surface area contributed by atoms with Crippen molar-refractivity contribution in [2.45, 2.75) is 38.5 Å². The summed E-state index contributed by atoms with van der Waals surface area (Å²) < 4.78 is 7.77. The molecule has 4 rings (SSSR count). The van der Waals surface area contributed by atoms with Crippen LogP contribution in [0.2, 0.25) is 0 Å². The Kier molecular flexibility index (Phi) is 4.14. The lowest BCUT2D eigenvalue weighted by Gasteiger charge is -2.31. The lowest BCUT2D eigenvalue weighted by molar-refractivity contribution is -0.00955. The third kappa shape index (κ3) is 3.10. The van der Waals surface area contributed by atoms with E-state index in [-0.39, 0.29) is 18.1 Å². The third-order valence-electron chi connectivity index (χ3n) is 4.36. The maximum absolute atomic E-state index is 12.6. The smallest absolute Gasteiger partial charge is 0.270 e. The van der Waals surface area contributed by atoms with E-state index in [0.29, 0.717) is 23.5 Å². The zero-order valence-corrected chi connectivity index (χ0v) is 13.8. The fourth-order valence-electron chi connectivity index (χ4n) is 3.06. The molecule has 1 fully saturated rings. The number of fused-ring (bicyclic) bond motifs is 1. The molecule has 1 aliphatic rings. The first kappa shape index (κ1) is 15.7. The Morgan fingerprint density at radius 3 is 3.20 bits per heavy atom. The predicted molar refractivity (Wildman–Crippen MR) is 88.8 cm³/mol. The van der Waals surface area contributed by atoms with Gasteiger partial charge in [-0.15, -0.1) is 5.10 Å². The number of hydrogen-bond donors (Lipinski definition) is 2. The lowest BCUT2D eigenvalue weighted by atomic mass is 9.98.